The molecule has 0 amide bonds. The van der Waals surface area contributed by atoms with Gasteiger partial charge in [-0.3, -0.25) is 0 Å². The van der Waals surface area contributed by atoms with Gasteiger partial charge >= 0.3 is 0 Å². The minimum absolute atomic E-state index is 0.405. The Bertz CT molecular complexity index is 1140. The molecule has 0 aliphatic heterocycles. The fraction of sp³-hybridized carbons (Fsp3) is 0.111. The van der Waals surface area contributed by atoms with E-state index in [2.05, 4.69) is 93.4 Å². The highest BCUT2D eigenvalue weighted by molar-refractivity contribution is 9.10. The molecule has 148 valence electrons. The molecule has 1 N–H and O–H groups in total. The Kier molecular flexibility index (Phi) is 4.73. The Morgan fingerprint density at radius 3 is 1.67 bits per heavy atom. The first-order chi connectivity index (χ1) is 14.5. The smallest absolute Gasteiger partial charge is 0.141 e. The highest BCUT2D eigenvalue weighted by atomic mass is 79.9. The maximum atomic E-state index is 12.4. The number of aliphatic hydroxyl groups is 1. The minimum atomic E-state index is -1.25. The van der Waals surface area contributed by atoms with Gasteiger partial charge in [-0.1, -0.05) is 105 Å². The predicted molar refractivity (Wildman–Crippen MR) is 129 cm³/mol. The van der Waals surface area contributed by atoms with Crippen molar-refractivity contribution in [2.24, 2.45) is 0 Å². The average molecular weight is 520 g/mol. The van der Waals surface area contributed by atoms with E-state index in [9.17, 15) is 5.11 Å². The number of halogens is 2. The van der Waals surface area contributed by atoms with Gasteiger partial charge in [0.2, 0.25) is 0 Å². The van der Waals surface area contributed by atoms with Gasteiger partial charge in [-0.05, 0) is 64.6 Å². The number of hydrogen-bond donors (Lipinski definition) is 1. The third kappa shape index (κ3) is 2.76. The average Bonchev–Trinajstić information content (AvgIpc) is 2.78. The van der Waals surface area contributed by atoms with Crippen LogP contribution in [0.4, 0.5) is 0 Å². The molecule has 0 heterocycles. The van der Waals surface area contributed by atoms with E-state index in [1.165, 1.54) is 5.56 Å². The molecule has 3 heteroatoms. The van der Waals surface area contributed by atoms with Crippen LogP contribution in [0.5, 0.6) is 0 Å². The third-order valence-electron chi connectivity index (χ3n) is 6.36. The molecule has 30 heavy (non-hydrogen) atoms. The van der Waals surface area contributed by atoms with Gasteiger partial charge in [0.05, 0.1) is 0 Å². The number of hydrogen-bond acceptors (Lipinski definition) is 1. The molecule has 0 fully saturated rings. The van der Waals surface area contributed by atoms with Crippen molar-refractivity contribution in [1.82, 2.24) is 0 Å². The van der Waals surface area contributed by atoms with Gasteiger partial charge in [0.1, 0.15) is 5.60 Å². The largest absolute Gasteiger partial charge is 0.376 e. The van der Waals surface area contributed by atoms with Crippen molar-refractivity contribution in [2.75, 3.05) is 0 Å². The Balaban J connectivity index is 1.95. The zero-order valence-electron chi connectivity index (χ0n) is 16.4. The number of benzene rings is 4. The monoisotopic (exact) mass is 518 g/mol. The van der Waals surface area contributed by atoms with Crippen LogP contribution in [0, 0.1) is 0 Å². The van der Waals surface area contributed by atoms with Crippen molar-refractivity contribution >= 4 is 31.9 Å². The van der Waals surface area contributed by atoms with Crippen molar-refractivity contribution in [2.45, 2.75) is 17.9 Å². The van der Waals surface area contributed by atoms with Gasteiger partial charge in [-0.25, -0.2) is 0 Å². The van der Waals surface area contributed by atoms with E-state index >= 15 is 0 Å². The predicted octanol–water partition coefficient (Wildman–Crippen LogP) is 7.16. The van der Waals surface area contributed by atoms with Crippen LogP contribution < -0.4 is 0 Å². The molecular weight excluding hydrogens is 500 g/mol. The van der Waals surface area contributed by atoms with E-state index in [-0.39, 0.29) is 0 Å². The van der Waals surface area contributed by atoms with E-state index < -0.39 is 11.0 Å². The quantitative estimate of drug-likeness (QED) is 0.298. The van der Waals surface area contributed by atoms with Gasteiger partial charge in [-0.2, -0.15) is 0 Å². The molecule has 4 aromatic carbocycles. The molecule has 2 unspecified atom stereocenters. The SMILES string of the molecule is CC1(c2ccccc2)c2cc(Br)ccc2C(O)(c2ccccc2)c2cc(Br)ccc21. The van der Waals surface area contributed by atoms with Crippen LogP contribution in [-0.2, 0) is 11.0 Å². The van der Waals surface area contributed by atoms with E-state index in [4.69, 9.17) is 0 Å². The molecule has 4 aromatic rings. The molecule has 0 saturated heterocycles. The van der Waals surface area contributed by atoms with E-state index in [1.807, 2.05) is 42.5 Å². The van der Waals surface area contributed by atoms with Gasteiger partial charge in [0, 0.05) is 14.4 Å². The Hall–Kier alpha value is -2.20. The molecule has 0 spiro atoms. The number of fused-ring (bicyclic) bond motifs is 2. The highest BCUT2D eigenvalue weighted by Crippen LogP contribution is 2.54. The lowest BCUT2D eigenvalue weighted by Gasteiger charge is -2.46. The maximum Gasteiger partial charge on any atom is 0.141 e. The van der Waals surface area contributed by atoms with Gasteiger partial charge in [0.25, 0.3) is 0 Å². The first-order valence-corrected chi connectivity index (χ1v) is 11.5. The molecule has 0 saturated carbocycles. The van der Waals surface area contributed by atoms with Crippen molar-refractivity contribution < 1.29 is 5.11 Å². The second kappa shape index (κ2) is 7.19. The fourth-order valence-electron chi connectivity index (χ4n) is 4.86. The second-order valence-corrected chi connectivity index (χ2v) is 9.78. The summed E-state index contributed by atoms with van der Waals surface area (Å²) in [6.45, 7) is 2.25. The van der Waals surface area contributed by atoms with Crippen LogP contribution >= 0.6 is 31.9 Å². The zero-order valence-corrected chi connectivity index (χ0v) is 19.6. The van der Waals surface area contributed by atoms with E-state index in [0.717, 1.165) is 36.8 Å². The number of rotatable bonds is 2. The maximum absolute atomic E-state index is 12.4. The summed E-state index contributed by atoms with van der Waals surface area (Å²) in [5, 5.41) is 12.4. The Morgan fingerprint density at radius 1 is 0.567 bits per heavy atom. The standard InChI is InChI=1S/C27H20Br2O/c1-26(18-8-4-2-5-9-18)22-14-12-21(29)17-25(22)27(30,19-10-6-3-7-11-19)23-15-13-20(28)16-24(23)26/h2-17,30H,1H3. The summed E-state index contributed by atoms with van der Waals surface area (Å²) < 4.78 is 1.95. The van der Waals surface area contributed by atoms with E-state index in [1.54, 1.807) is 0 Å². The van der Waals surface area contributed by atoms with Crippen molar-refractivity contribution in [3.63, 3.8) is 0 Å². The van der Waals surface area contributed by atoms with Gasteiger partial charge < -0.3 is 5.11 Å². The highest BCUT2D eigenvalue weighted by Gasteiger charge is 2.49. The second-order valence-electron chi connectivity index (χ2n) is 7.95. The van der Waals surface area contributed by atoms with Crippen molar-refractivity contribution in [3.8, 4) is 0 Å². The van der Waals surface area contributed by atoms with Crippen molar-refractivity contribution in [1.29, 1.82) is 0 Å². The molecule has 1 aliphatic carbocycles. The summed E-state index contributed by atoms with van der Waals surface area (Å²) in [5.74, 6) is 0. The molecule has 2 atom stereocenters. The van der Waals surface area contributed by atoms with Crippen LogP contribution in [0.1, 0.15) is 40.3 Å². The first-order valence-electron chi connectivity index (χ1n) is 9.90. The summed E-state index contributed by atoms with van der Waals surface area (Å²) in [6, 6.07) is 33.0. The molecule has 1 aliphatic rings. The van der Waals surface area contributed by atoms with Crippen LogP contribution in [-0.4, -0.2) is 5.11 Å². The van der Waals surface area contributed by atoms with Crippen LogP contribution in [0.2, 0.25) is 0 Å². The zero-order chi connectivity index (χ0) is 20.9. The summed E-state index contributed by atoms with van der Waals surface area (Å²) >= 11 is 7.31. The molecule has 5 rings (SSSR count). The molecule has 0 bridgehead atoms. The van der Waals surface area contributed by atoms with Gasteiger partial charge in [0.15, 0.2) is 0 Å². The fourth-order valence-corrected chi connectivity index (χ4v) is 5.58. The molecule has 0 aromatic heterocycles. The first kappa shape index (κ1) is 19.7. The summed E-state index contributed by atoms with van der Waals surface area (Å²) in [4.78, 5) is 0. The molecule has 0 radical (unpaired) electrons. The molecule has 1 nitrogen and oxygen atoms in total. The lowest BCUT2D eigenvalue weighted by atomic mass is 9.59. The minimum Gasteiger partial charge on any atom is -0.376 e. The van der Waals surface area contributed by atoms with Crippen molar-refractivity contribution in [3.05, 3.63) is 139 Å². The van der Waals surface area contributed by atoms with E-state index in [0.29, 0.717) is 0 Å². The summed E-state index contributed by atoms with van der Waals surface area (Å²) in [7, 11) is 0. The lowest BCUT2D eigenvalue weighted by Crippen LogP contribution is -2.42. The Morgan fingerprint density at radius 2 is 1.07 bits per heavy atom. The summed E-state index contributed by atoms with van der Waals surface area (Å²) in [6.07, 6.45) is 0. The van der Waals surface area contributed by atoms with Crippen LogP contribution in [0.15, 0.2) is 106 Å². The van der Waals surface area contributed by atoms with Crippen LogP contribution in [0.25, 0.3) is 0 Å². The lowest BCUT2D eigenvalue weighted by molar-refractivity contribution is 0.117. The van der Waals surface area contributed by atoms with Gasteiger partial charge in [-0.15, -0.1) is 0 Å². The Labute approximate surface area is 193 Å². The summed E-state index contributed by atoms with van der Waals surface area (Å²) in [5.41, 5.74) is 4.43. The normalized spacial score (nSPS) is 22.3. The third-order valence-corrected chi connectivity index (χ3v) is 7.35. The molecular formula is C27H20Br2O. The van der Waals surface area contributed by atoms with Crippen LogP contribution in [0.3, 0.4) is 0 Å². The topological polar surface area (TPSA) is 20.2 Å².